The van der Waals surface area contributed by atoms with E-state index in [9.17, 15) is 4.79 Å². The third-order valence-electron chi connectivity index (χ3n) is 2.76. The summed E-state index contributed by atoms with van der Waals surface area (Å²) >= 11 is 1.63. The van der Waals surface area contributed by atoms with Crippen LogP contribution in [-0.2, 0) is 0 Å². The summed E-state index contributed by atoms with van der Waals surface area (Å²) in [4.78, 5) is 17.3. The van der Waals surface area contributed by atoms with Crippen molar-refractivity contribution in [1.82, 2.24) is 19.9 Å². The van der Waals surface area contributed by atoms with Crippen molar-refractivity contribution >= 4 is 22.9 Å². The maximum absolute atomic E-state index is 11.9. The Balaban J connectivity index is 2.16. The molecule has 1 amide bonds. The standard InChI is InChI=1S/C13H12N4OS/c1-2-14-13(18)9-8-16-17-10(5-6-15-12(9)17)11-4-3-7-19-11/h3-8H,2H2,1H3,(H,14,18). The van der Waals surface area contributed by atoms with Gasteiger partial charge >= 0.3 is 0 Å². The number of thiophene rings is 1. The van der Waals surface area contributed by atoms with Gasteiger partial charge in [-0.15, -0.1) is 11.3 Å². The fourth-order valence-corrected chi connectivity index (χ4v) is 2.65. The van der Waals surface area contributed by atoms with Crippen molar-refractivity contribution in [3.05, 3.63) is 41.5 Å². The first-order chi connectivity index (χ1) is 9.31. The van der Waals surface area contributed by atoms with Crippen molar-refractivity contribution in [2.24, 2.45) is 0 Å². The van der Waals surface area contributed by atoms with Crippen molar-refractivity contribution in [3.8, 4) is 10.6 Å². The van der Waals surface area contributed by atoms with E-state index in [2.05, 4.69) is 15.4 Å². The molecule has 0 radical (unpaired) electrons. The summed E-state index contributed by atoms with van der Waals surface area (Å²) in [6.07, 6.45) is 3.26. The molecule has 0 unspecified atom stereocenters. The Hall–Kier alpha value is -2.21. The Morgan fingerprint density at radius 3 is 3.11 bits per heavy atom. The van der Waals surface area contributed by atoms with E-state index in [-0.39, 0.29) is 5.91 Å². The van der Waals surface area contributed by atoms with E-state index >= 15 is 0 Å². The number of carbonyl (C=O) groups excluding carboxylic acids is 1. The van der Waals surface area contributed by atoms with Crippen LogP contribution in [0.15, 0.2) is 36.0 Å². The van der Waals surface area contributed by atoms with Crippen LogP contribution in [0.1, 0.15) is 17.3 Å². The molecule has 3 rings (SSSR count). The monoisotopic (exact) mass is 272 g/mol. The largest absolute Gasteiger partial charge is 0.352 e. The second-order valence-corrected chi connectivity index (χ2v) is 4.91. The van der Waals surface area contributed by atoms with E-state index in [0.717, 1.165) is 10.6 Å². The Morgan fingerprint density at radius 1 is 1.47 bits per heavy atom. The Labute approximate surface area is 113 Å². The summed E-state index contributed by atoms with van der Waals surface area (Å²) in [6, 6.07) is 5.90. The quantitative estimate of drug-likeness (QED) is 0.795. The second kappa shape index (κ2) is 4.81. The van der Waals surface area contributed by atoms with Crippen LogP contribution in [0.4, 0.5) is 0 Å². The zero-order valence-corrected chi connectivity index (χ0v) is 11.1. The van der Waals surface area contributed by atoms with Gasteiger partial charge in [0.2, 0.25) is 0 Å². The van der Waals surface area contributed by atoms with Crippen LogP contribution < -0.4 is 5.32 Å². The molecule has 19 heavy (non-hydrogen) atoms. The van der Waals surface area contributed by atoms with Gasteiger partial charge in [0.25, 0.3) is 5.91 Å². The zero-order valence-electron chi connectivity index (χ0n) is 10.3. The molecule has 0 aliphatic carbocycles. The number of nitrogens with zero attached hydrogens (tertiary/aromatic N) is 3. The predicted octanol–water partition coefficient (Wildman–Crippen LogP) is 2.21. The third kappa shape index (κ3) is 2.00. The zero-order chi connectivity index (χ0) is 13.2. The molecule has 0 atom stereocenters. The molecule has 0 saturated heterocycles. The van der Waals surface area contributed by atoms with E-state index in [1.54, 1.807) is 28.2 Å². The van der Waals surface area contributed by atoms with Crippen molar-refractivity contribution in [3.63, 3.8) is 0 Å². The van der Waals surface area contributed by atoms with Crippen molar-refractivity contribution in [2.45, 2.75) is 6.92 Å². The molecule has 96 valence electrons. The Kier molecular flexibility index (Phi) is 3.00. The molecule has 0 aliphatic heterocycles. The van der Waals surface area contributed by atoms with E-state index in [1.165, 1.54) is 0 Å². The first kappa shape index (κ1) is 11.9. The normalized spacial score (nSPS) is 10.8. The lowest BCUT2D eigenvalue weighted by atomic mass is 10.3. The second-order valence-electron chi connectivity index (χ2n) is 3.96. The van der Waals surface area contributed by atoms with E-state index in [1.807, 2.05) is 30.5 Å². The lowest BCUT2D eigenvalue weighted by Crippen LogP contribution is -2.22. The molecule has 1 N–H and O–H groups in total. The number of fused-ring (bicyclic) bond motifs is 1. The number of hydrogen-bond acceptors (Lipinski definition) is 4. The minimum atomic E-state index is -0.145. The lowest BCUT2D eigenvalue weighted by molar-refractivity contribution is 0.0957. The number of aromatic nitrogens is 3. The van der Waals surface area contributed by atoms with E-state index < -0.39 is 0 Å². The number of rotatable bonds is 3. The SMILES string of the molecule is CCNC(=O)c1cnn2c(-c3cccs3)ccnc12. The van der Waals surface area contributed by atoms with Crippen LogP contribution in [0, 0.1) is 0 Å². The molecule has 0 saturated carbocycles. The number of hydrogen-bond donors (Lipinski definition) is 1. The molecular weight excluding hydrogens is 260 g/mol. The first-order valence-corrected chi connectivity index (χ1v) is 6.84. The maximum Gasteiger partial charge on any atom is 0.256 e. The molecule has 0 aromatic carbocycles. The van der Waals surface area contributed by atoms with Crippen LogP contribution >= 0.6 is 11.3 Å². The van der Waals surface area contributed by atoms with Gasteiger partial charge in [-0.05, 0) is 24.4 Å². The first-order valence-electron chi connectivity index (χ1n) is 5.96. The lowest BCUT2D eigenvalue weighted by Gasteiger charge is -2.02. The van der Waals surface area contributed by atoms with Gasteiger partial charge in [0.05, 0.1) is 16.8 Å². The summed E-state index contributed by atoms with van der Waals surface area (Å²) in [5, 5.41) is 9.05. The van der Waals surface area contributed by atoms with Crippen LogP contribution in [-0.4, -0.2) is 27.0 Å². The summed E-state index contributed by atoms with van der Waals surface area (Å²) in [5.41, 5.74) is 2.02. The third-order valence-corrected chi connectivity index (χ3v) is 3.65. The summed E-state index contributed by atoms with van der Waals surface area (Å²) in [6.45, 7) is 2.47. The molecule has 6 heteroatoms. The number of carbonyl (C=O) groups is 1. The van der Waals surface area contributed by atoms with E-state index in [4.69, 9.17) is 0 Å². The van der Waals surface area contributed by atoms with Crippen LogP contribution in [0.2, 0.25) is 0 Å². The molecule has 0 aliphatic rings. The molecular formula is C13H12N4OS. The van der Waals surface area contributed by atoms with Crippen LogP contribution in [0.25, 0.3) is 16.2 Å². The molecule has 0 spiro atoms. The summed E-state index contributed by atoms with van der Waals surface area (Å²) in [7, 11) is 0. The van der Waals surface area contributed by atoms with E-state index in [0.29, 0.717) is 17.8 Å². The van der Waals surface area contributed by atoms with Crippen molar-refractivity contribution in [2.75, 3.05) is 6.54 Å². The van der Waals surface area contributed by atoms with Gasteiger partial charge < -0.3 is 5.32 Å². The van der Waals surface area contributed by atoms with Crippen LogP contribution in [0.5, 0.6) is 0 Å². The van der Waals surface area contributed by atoms with Gasteiger partial charge in [0, 0.05) is 12.7 Å². The minimum absolute atomic E-state index is 0.145. The maximum atomic E-state index is 11.9. The fraction of sp³-hybridized carbons (Fsp3) is 0.154. The molecule has 0 fully saturated rings. The van der Waals surface area contributed by atoms with Gasteiger partial charge in [0.15, 0.2) is 5.65 Å². The fourth-order valence-electron chi connectivity index (χ4n) is 1.92. The van der Waals surface area contributed by atoms with Crippen molar-refractivity contribution in [1.29, 1.82) is 0 Å². The Morgan fingerprint density at radius 2 is 2.37 bits per heavy atom. The average molecular weight is 272 g/mol. The predicted molar refractivity (Wildman–Crippen MR) is 74.3 cm³/mol. The topological polar surface area (TPSA) is 59.3 Å². The summed E-state index contributed by atoms with van der Waals surface area (Å²) in [5.74, 6) is -0.145. The highest BCUT2D eigenvalue weighted by molar-refractivity contribution is 7.13. The molecule has 5 nitrogen and oxygen atoms in total. The number of nitrogens with one attached hydrogen (secondary N) is 1. The highest BCUT2D eigenvalue weighted by Crippen LogP contribution is 2.25. The van der Waals surface area contributed by atoms with Crippen LogP contribution in [0.3, 0.4) is 0 Å². The molecule has 0 bridgehead atoms. The van der Waals surface area contributed by atoms with Gasteiger partial charge in [-0.3, -0.25) is 4.79 Å². The molecule has 3 aromatic rings. The highest BCUT2D eigenvalue weighted by atomic mass is 32.1. The van der Waals surface area contributed by atoms with Gasteiger partial charge in [-0.25, -0.2) is 9.50 Å². The van der Waals surface area contributed by atoms with Gasteiger partial charge in [-0.1, -0.05) is 6.07 Å². The number of amides is 1. The van der Waals surface area contributed by atoms with Crippen molar-refractivity contribution < 1.29 is 4.79 Å². The Bertz CT molecular complexity index is 717. The smallest absolute Gasteiger partial charge is 0.256 e. The van der Waals surface area contributed by atoms with Gasteiger partial charge in [-0.2, -0.15) is 5.10 Å². The average Bonchev–Trinajstić information content (AvgIpc) is 3.08. The van der Waals surface area contributed by atoms with Gasteiger partial charge in [0.1, 0.15) is 5.56 Å². The molecule has 3 aromatic heterocycles. The molecule has 3 heterocycles. The highest BCUT2D eigenvalue weighted by Gasteiger charge is 2.15. The minimum Gasteiger partial charge on any atom is -0.352 e. The summed E-state index contributed by atoms with van der Waals surface area (Å²) < 4.78 is 1.70.